The van der Waals surface area contributed by atoms with Gasteiger partial charge in [0, 0.05) is 38.0 Å². The lowest BCUT2D eigenvalue weighted by Gasteiger charge is -2.44. The number of carbonyl (C=O) groups excluding carboxylic acids is 1. The Morgan fingerprint density at radius 3 is 2.35 bits per heavy atom. The topological polar surface area (TPSA) is 89.5 Å². The zero-order valence-electron chi connectivity index (χ0n) is 18.0. The smallest absolute Gasteiger partial charge is 0.412 e. The third kappa shape index (κ3) is 4.00. The fraction of sp³-hybridized carbons (Fsp3) is 0.435. The SMILES string of the molecule is COc1cc(C(O)CN2CCC3(CC2)OC(=O)Nc2ccccc23)cc(OC)c1OC. The summed E-state index contributed by atoms with van der Waals surface area (Å²) in [5, 5.41) is 13.7. The Balaban J connectivity index is 1.47. The van der Waals surface area contributed by atoms with Gasteiger partial charge in [-0.2, -0.15) is 0 Å². The predicted molar refractivity (Wildman–Crippen MR) is 115 cm³/mol. The van der Waals surface area contributed by atoms with E-state index in [4.69, 9.17) is 18.9 Å². The highest BCUT2D eigenvalue weighted by Crippen LogP contribution is 2.44. The Labute approximate surface area is 181 Å². The van der Waals surface area contributed by atoms with Gasteiger partial charge in [-0.15, -0.1) is 0 Å². The summed E-state index contributed by atoms with van der Waals surface area (Å²) in [6, 6.07) is 11.3. The van der Waals surface area contributed by atoms with Gasteiger partial charge in [-0.3, -0.25) is 5.32 Å². The van der Waals surface area contributed by atoms with Gasteiger partial charge in [0.05, 0.1) is 33.1 Å². The summed E-state index contributed by atoms with van der Waals surface area (Å²) in [6.07, 6.45) is 0.189. The molecule has 1 amide bonds. The van der Waals surface area contributed by atoms with E-state index in [-0.39, 0.29) is 0 Å². The number of β-amino-alcohol motifs (C(OH)–C–C–N with tert-alkyl or cyclic N) is 1. The van der Waals surface area contributed by atoms with Crippen LogP contribution >= 0.6 is 0 Å². The number of carbonyl (C=O) groups is 1. The van der Waals surface area contributed by atoms with Crippen LogP contribution in [0.25, 0.3) is 0 Å². The number of hydrogen-bond acceptors (Lipinski definition) is 7. The number of piperidine rings is 1. The van der Waals surface area contributed by atoms with Crippen molar-refractivity contribution >= 4 is 11.8 Å². The predicted octanol–water partition coefficient (Wildman–Crippen LogP) is 3.30. The quantitative estimate of drug-likeness (QED) is 0.730. The number of likely N-dealkylation sites (tertiary alicyclic amines) is 1. The molecule has 31 heavy (non-hydrogen) atoms. The monoisotopic (exact) mass is 428 g/mol. The van der Waals surface area contributed by atoms with Crippen molar-refractivity contribution in [3.05, 3.63) is 47.5 Å². The van der Waals surface area contributed by atoms with Crippen molar-refractivity contribution in [1.82, 2.24) is 4.90 Å². The van der Waals surface area contributed by atoms with E-state index in [1.165, 1.54) is 0 Å². The van der Waals surface area contributed by atoms with Gasteiger partial charge in [-0.05, 0) is 23.8 Å². The largest absolute Gasteiger partial charge is 0.493 e. The second kappa shape index (κ2) is 8.64. The molecule has 2 aliphatic heterocycles. The summed E-state index contributed by atoms with van der Waals surface area (Å²) in [6.45, 7) is 1.84. The number of amides is 1. The molecule has 8 nitrogen and oxygen atoms in total. The van der Waals surface area contributed by atoms with E-state index < -0.39 is 17.8 Å². The fourth-order valence-electron chi connectivity index (χ4n) is 4.47. The molecule has 1 atom stereocenters. The van der Waals surface area contributed by atoms with Crippen LogP contribution in [0.1, 0.15) is 30.1 Å². The Kier molecular flexibility index (Phi) is 5.93. The van der Waals surface area contributed by atoms with Crippen molar-refractivity contribution < 1.29 is 28.8 Å². The average molecular weight is 428 g/mol. The van der Waals surface area contributed by atoms with Gasteiger partial charge >= 0.3 is 6.09 Å². The first-order chi connectivity index (χ1) is 15.0. The molecule has 166 valence electrons. The van der Waals surface area contributed by atoms with E-state index >= 15 is 0 Å². The fourth-order valence-corrected chi connectivity index (χ4v) is 4.47. The van der Waals surface area contributed by atoms with Gasteiger partial charge in [0.25, 0.3) is 0 Å². The first-order valence-electron chi connectivity index (χ1n) is 10.3. The number of benzene rings is 2. The zero-order chi connectivity index (χ0) is 22.0. The van der Waals surface area contributed by atoms with E-state index in [9.17, 15) is 9.90 Å². The molecular formula is C23H28N2O6. The molecule has 2 heterocycles. The van der Waals surface area contributed by atoms with Crippen molar-refractivity contribution in [2.45, 2.75) is 24.5 Å². The summed E-state index contributed by atoms with van der Waals surface area (Å²) >= 11 is 0. The van der Waals surface area contributed by atoms with Gasteiger partial charge in [0.2, 0.25) is 5.75 Å². The second-order valence-corrected chi connectivity index (χ2v) is 7.83. The summed E-state index contributed by atoms with van der Waals surface area (Å²) in [5.74, 6) is 1.51. The molecule has 8 heteroatoms. The van der Waals surface area contributed by atoms with Gasteiger partial charge in [0.1, 0.15) is 5.60 Å². The zero-order valence-corrected chi connectivity index (χ0v) is 18.0. The van der Waals surface area contributed by atoms with Gasteiger partial charge in [0.15, 0.2) is 11.5 Å². The highest BCUT2D eigenvalue weighted by atomic mass is 16.6. The lowest BCUT2D eigenvalue weighted by Crippen LogP contribution is -2.49. The maximum absolute atomic E-state index is 12.1. The van der Waals surface area contributed by atoms with E-state index in [1.807, 2.05) is 24.3 Å². The summed E-state index contributed by atoms with van der Waals surface area (Å²) in [4.78, 5) is 14.3. The van der Waals surface area contributed by atoms with E-state index in [2.05, 4.69) is 10.2 Å². The highest BCUT2D eigenvalue weighted by Gasteiger charge is 2.44. The number of methoxy groups -OCH3 is 3. The molecule has 2 aromatic rings. The number of fused-ring (bicyclic) bond motifs is 2. The van der Waals surface area contributed by atoms with E-state index in [0.717, 1.165) is 11.3 Å². The maximum atomic E-state index is 12.1. The van der Waals surface area contributed by atoms with Crippen molar-refractivity contribution in [3.63, 3.8) is 0 Å². The summed E-state index contributed by atoms with van der Waals surface area (Å²) < 4.78 is 21.9. The molecule has 0 saturated carbocycles. The van der Waals surface area contributed by atoms with Crippen LogP contribution in [0, 0.1) is 0 Å². The van der Waals surface area contributed by atoms with Crippen LogP contribution in [0.15, 0.2) is 36.4 Å². The first kappa shape index (κ1) is 21.3. The van der Waals surface area contributed by atoms with E-state index in [1.54, 1.807) is 33.5 Å². The molecule has 2 N–H and O–H groups in total. The molecule has 0 aliphatic carbocycles. The van der Waals surface area contributed by atoms with Gasteiger partial charge < -0.3 is 29.0 Å². The van der Waals surface area contributed by atoms with Crippen LogP contribution in [-0.2, 0) is 10.3 Å². The lowest BCUT2D eigenvalue weighted by molar-refractivity contribution is -0.0445. The third-order valence-corrected chi connectivity index (χ3v) is 6.11. The van der Waals surface area contributed by atoms with Crippen LogP contribution in [0.4, 0.5) is 10.5 Å². The molecule has 1 spiro atoms. The van der Waals surface area contributed by atoms with E-state index in [0.29, 0.717) is 55.3 Å². The summed E-state index contributed by atoms with van der Waals surface area (Å²) in [5.41, 5.74) is 1.89. The van der Waals surface area contributed by atoms with Crippen molar-refractivity contribution in [3.8, 4) is 17.2 Å². The molecule has 1 fully saturated rings. The number of aliphatic hydroxyl groups is 1. The summed E-state index contributed by atoms with van der Waals surface area (Å²) in [7, 11) is 4.65. The van der Waals surface area contributed by atoms with Crippen molar-refractivity contribution in [1.29, 1.82) is 0 Å². The molecule has 2 aromatic carbocycles. The maximum Gasteiger partial charge on any atom is 0.412 e. The number of nitrogens with zero attached hydrogens (tertiary/aromatic N) is 1. The molecule has 0 bridgehead atoms. The Morgan fingerprint density at radius 2 is 1.74 bits per heavy atom. The van der Waals surface area contributed by atoms with Crippen LogP contribution < -0.4 is 19.5 Å². The minimum atomic E-state index is -0.731. The molecule has 2 aliphatic rings. The number of para-hydroxylation sites is 1. The van der Waals surface area contributed by atoms with Crippen LogP contribution in [0.2, 0.25) is 0 Å². The normalized spacial score (nSPS) is 18.5. The lowest BCUT2D eigenvalue weighted by atomic mass is 9.82. The number of aliphatic hydroxyl groups excluding tert-OH is 1. The minimum Gasteiger partial charge on any atom is -0.493 e. The van der Waals surface area contributed by atoms with Gasteiger partial charge in [-0.25, -0.2) is 4.79 Å². The molecular weight excluding hydrogens is 400 g/mol. The number of anilines is 1. The molecule has 0 aromatic heterocycles. The third-order valence-electron chi connectivity index (χ3n) is 6.11. The molecule has 0 radical (unpaired) electrons. The van der Waals surface area contributed by atoms with Gasteiger partial charge in [-0.1, -0.05) is 18.2 Å². The Morgan fingerprint density at radius 1 is 1.10 bits per heavy atom. The number of nitrogens with one attached hydrogen (secondary N) is 1. The second-order valence-electron chi connectivity index (χ2n) is 7.83. The molecule has 1 saturated heterocycles. The standard InChI is InChI=1S/C23H28N2O6/c1-28-19-12-15(13-20(29-2)21(19)30-3)18(26)14-25-10-8-23(9-11-25)16-6-4-5-7-17(16)24-22(27)31-23/h4-7,12-13,18,26H,8-11,14H2,1-3H3,(H,24,27). The number of ether oxygens (including phenoxy) is 4. The Hall–Kier alpha value is -2.97. The Bertz CT molecular complexity index is 930. The van der Waals surface area contributed by atoms with Crippen molar-refractivity contribution in [2.24, 2.45) is 0 Å². The van der Waals surface area contributed by atoms with Crippen molar-refractivity contribution in [2.75, 3.05) is 46.3 Å². The minimum absolute atomic E-state index is 0.412. The molecule has 4 rings (SSSR count). The van der Waals surface area contributed by atoms with Crippen LogP contribution in [0.3, 0.4) is 0 Å². The molecule has 1 unspecified atom stereocenters. The first-order valence-corrected chi connectivity index (χ1v) is 10.3. The van der Waals surface area contributed by atoms with Crippen LogP contribution in [-0.4, -0.2) is 57.1 Å². The number of hydrogen-bond donors (Lipinski definition) is 2. The number of rotatable bonds is 6. The highest BCUT2D eigenvalue weighted by molar-refractivity contribution is 5.88. The average Bonchev–Trinajstić information content (AvgIpc) is 2.79. The van der Waals surface area contributed by atoms with Crippen LogP contribution in [0.5, 0.6) is 17.2 Å².